The summed E-state index contributed by atoms with van der Waals surface area (Å²) in [5, 5.41) is 7.20. The van der Waals surface area contributed by atoms with Crippen LogP contribution in [0.3, 0.4) is 0 Å². The molecule has 0 atom stereocenters. The van der Waals surface area contributed by atoms with Gasteiger partial charge in [-0.2, -0.15) is 4.98 Å². The Hall–Kier alpha value is -3.59. The highest BCUT2D eigenvalue weighted by atomic mass is 19.1. The molecular weight excluding hydrogens is 457 g/mol. The van der Waals surface area contributed by atoms with E-state index in [-0.39, 0.29) is 11.0 Å². The summed E-state index contributed by atoms with van der Waals surface area (Å²) in [5.41, 5.74) is 4.05. The van der Waals surface area contributed by atoms with Crippen molar-refractivity contribution in [2.45, 2.75) is 57.5 Å². The first-order valence-corrected chi connectivity index (χ1v) is 12.5. The van der Waals surface area contributed by atoms with Crippen LogP contribution in [0, 0.1) is 0 Å². The molecule has 1 fully saturated rings. The van der Waals surface area contributed by atoms with Crippen LogP contribution in [0.25, 0.3) is 16.9 Å². The van der Waals surface area contributed by atoms with E-state index in [1.807, 2.05) is 31.2 Å². The van der Waals surface area contributed by atoms with Gasteiger partial charge in [0, 0.05) is 42.3 Å². The third kappa shape index (κ3) is 3.61. The first kappa shape index (κ1) is 22.8. The number of benzene rings is 1. The average Bonchev–Trinajstić information content (AvgIpc) is 3.63. The highest BCUT2D eigenvalue weighted by Gasteiger charge is 2.46. The van der Waals surface area contributed by atoms with Crippen LogP contribution in [-0.4, -0.2) is 37.5 Å². The van der Waals surface area contributed by atoms with Gasteiger partial charge in [-0.25, -0.2) is 19.3 Å². The molecule has 1 aliphatic carbocycles. The van der Waals surface area contributed by atoms with E-state index < -0.39 is 12.1 Å². The smallest absolute Gasteiger partial charge is 0.278 e. The van der Waals surface area contributed by atoms with Crippen molar-refractivity contribution >= 4 is 22.7 Å². The number of aromatic nitrogens is 5. The fourth-order valence-electron chi connectivity index (χ4n) is 5.26. The van der Waals surface area contributed by atoms with Crippen LogP contribution < -0.4 is 16.2 Å². The zero-order valence-corrected chi connectivity index (χ0v) is 20.8. The average molecular weight is 488 g/mol. The Morgan fingerprint density at radius 3 is 2.75 bits per heavy atom. The standard InChI is InChI=1S/C27H30FN7O/c1-4-34-24(36)19-14-30-25(31-18-8-9-20-17(12-18)13-29-16-26(20,2)3)33-23(19)35(34)22-7-5-6-21(32-22)27(15-28)10-11-27/h5-9,12,14,29H,4,10-11,13,15-16H2,1-3H3,(H,30,31,33). The summed E-state index contributed by atoms with van der Waals surface area (Å²) < 4.78 is 17.0. The monoisotopic (exact) mass is 487 g/mol. The van der Waals surface area contributed by atoms with Crippen molar-refractivity contribution in [1.29, 1.82) is 0 Å². The second-order valence-corrected chi connectivity index (χ2v) is 10.5. The molecule has 4 heterocycles. The number of anilines is 2. The Morgan fingerprint density at radius 2 is 2.00 bits per heavy atom. The van der Waals surface area contributed by atoms with Crippen molar-refractivity contribution in [2.24, 2.45) is 0 Å². The Labute approximate surface area is 208 Å². The Morgan fingerprint density at radius 1 is 1.17 bits per heavy atom. The SMILES string of the molecule is CCn1c(=O)c2cnc(Nc3ccc4c(c3)CNCC4(C)C)nc2n1-c1cccc(C2(CF)CC2)n1. The Kier molecular flexibility index (Phi) is 5.22. The predicted octanol–water partition coefficient (Wildman–Crippen LogP) is 4.12. The number of hydrogen-bond donors (Lipinski definition) is 2. The second-order valence-electron chi connectivity index (χ2n) is 10.5. The number of pyridine rings is 1. The van der Waals surface area contributed by atoms with Gasteiger partial charge >= 0.3 is 0 Å². The van der Waals surface area contributed by atoms with Crippen molar-refractivity contribution in [2.75, 3.05) is 18.5 Å². The normalized spacial score (nSPS) is 17.7. The highest BCUT2D eigenvalue weighted by Crippen LogP contribution is 2.47. The van der Waals surface area contributed by atoms with Gasteiger partial charge in [0.05, 0.1) is 5.69 Å². The summed E-state index contributed by atoms with van der Waals surface area (Å²) in [5.74, 6) is 0.943. The summed E-state index contributed by atoms with van der Waals surface area (Å²) in [4.78, 5) is 27.1. The third-order valence-electron chi connectivity index (χ3n) is 7.55. The van der Waals surface area contributed by atoms with E-state index in [9.17, 15) is 9.18 Å². The lowest BCUT2D eigenvalue weighted by Crippen LogP contribution is -2.38. The molecule has 2 aliphatic rings. The van der Waals surface area contributed by atoms with E-state index >= 15 is 0 Å². The quantitative estimate of drug-likeness (QED) is 0.425. The van der Waals surface area contributed by atoms with Gasteiger partial charge in [0.1, 0.15) is 12.1 Å². The molecular formula is C27H30FN7O. The molecule has 186 valence electrons. The van der Waals surface area contributed by atoms with Gasteiger partial charge < -0.3 is 10.6 Å². The van der Waals surface area contributed by atoms with Gasteiger partial charge in [-0.3, -0.25) is 9.18 Å². The number of halogens is 1. The van der Waals surface area contributed by atoms with E-state index in [0.717, 1.165) is 37.3 Å². The van der Waals surface area contributed by atoms with Crippen LogP contribution in [0.15, 0.2) is 47.4 Å². The molecule has 0 unspecified atom stereocenters. The molecule has 2 N–H and O–H groups in total. The van der Waals surface area contributed by atoms with Crippen LogP contribution in [0.2, 0.25) is 0 Å². The molecule has 9 heteroatoms. The predicted molar refractivity (Wildman–Crippen MR) is 138 cm³/mol. The molecule has 0 spiro atoms. The maximum absolute atomic E-state index is 13.7. The zero-order chi connectivity index (χ0) is 25.1. The summed E-state index contributed by atoms with van der Waals surface area (Å²) in [6.45, 7) is 8.14. The van der Waals surface area contributed by atoms with E-state index in [1.165, 1.54) is 11.1 Å². The first-order chi connectivity index (χ1) is 17.3. The largest absolute Gasteiger partial charge is 0.324 e. The molecule has 0 amide bonds. The zero-order valence-electron chi connectivity index (χ0n) is 20.8. The van der Waals surface area contributed by atoms with Gasteiger partial charge in [-0.1, -0.05) is 26.0 Å². The lowest BCUT2D eigenvalue weighted by molar-refractivity contribution is 0.411. The minimum absolute atomic E-state index is 0.0728. The van der Waals surface area contributed by atoms with E-state index in [0.29, 0.717) is 29.3 Å². The summed E-state index contributed by atoms with van der Waals surface area (Å²) >= 11 is 0. The fraction of sp³-hybridized carbons (Fsp3) is 0.407. The molecule has 3 aromatic heterocycles. The molecule has 1 saturated carbocycles. The molecule has 1 aliphatic heterocycles. The Balaban J connectivity index is 1.42. The summed E-state index contributed by atoms with van der Waals surface area (Å²) in [6, 6.07) is 11.9. The van der Waals surface area contributed by atoms with Crippen molar-refractivity contribution < 1.29 is 4.39 Å². The maximum atomic E-state index is 13.7. The molecule has 4 aromatic rings. The molecule has 8 nitrogen and oxygen atoms in total. The van der Waals surface area contributed by atoms with Crippen molar-refractivity contribution in [1.82, 2.24) is 29.6 Å². The lowest BCUT2D eigenvalue weighted by atomic mass is 9.79. The van der Waals surface area contributed by atoms with E-state index in [4.69, 9.17) is 9.97 Å². The van der Waals surface area contributed by atoms with E-state index in [2.05, 4.69) is 41.6 Å². The van der Waals surface area contributed by atoms with E-state index in [1.54, 1.807) is 15.6 Å². The maximum Gasteiger partial charge on any atom is 0.278 e. The summed E-state index contributed by atoms with van der Waals surface area (Å²) in [7, 11) is 0. The van der Waals surface area contributed by atoms with Gasteiger partial charge in [0.25, 0.3) is 5.56 Å². The highest BCUT2D eigenvalue weighted by molar-refractivity contribution is 5.77. The van der Waals surface area contributed by atoms with Crippen LogP contribution in [-0.2, 0) is 23.9 Å². The number of rotatable bonds is 6. The number of nitrogens with zero attached hydrogens (tertiary/aromatic N) is 5. The second kappa shape index (κ2) is 8.23. The molecule has 36 heavy (non-hydrogen) atoms. The van der Waals surface area contributed by atoms with Crippen LogP contribution in [0.5, 0.6) is 0 Å². The van der Waals surface area contributed by atoms with Crippen molar-refractivity contribution in [3.63, 3.8) is 0 Å². The number of fused-ring (bicyclic) bond motifs is 2. The lowest BCUT2D eigenvalue weighted by Gasteiger charge is -2.33. The van der Waals surface area contributed by atoms with Crippen molar-refractivity contribution in [3.05, 3.63) is 69.8 Å². The molecule has 0 radical (unpaired) electrons. The summed E-state index contributed by atoms with van der Waals surface area (Å²) in [6.07, 6.45) is 3.14. The van der Waals surface area contributed by atoms with Crippen molar-refractivity contribution in [3.8, 4) is 5.82 Å². The minimum Gasteiger partial charge on any atom is -0.324 e. The number of alkyl halides is 1. The van der Waals surface area contributed by atoms with Crippen LogP contribution >= 0.6 is 0 Å². The molecule has 0 bridgehead atoms. The molecule has 0 saturated heterocycles. The minimum atomic E-state index is -0.492. The molecule has 1 aromatic carbocycles. The number of nitrogens with one attached hydrogen (secondary N) is 2. The van der Waals surface area contributed by atoms with Crippen LogP contribution in [0.1, 0.15) is 50.4 Å². The van der Waals surface area contributed by atoms with Crippen LogP contribution in [0.4, 0.5) is 16.0 Å². The first-order valence-electron chi connectivity index (χ1n) is 12.5. The third-order valence-corrected chi connectivity index (χ3v) is 7.55. The van der Waals surface area contributed by atoms with Gasteiger partial charge in [-0.05, 0) is 55.2 Å². The topological polar surface area (TPSA) is 89.7 Å². The molecule has 6 rings (SSSR count). The van der Waals surface area contributed by atoms with Gasteiger partial charge in [0.2, 0.25) is 5.95 Å². The number of hydrogen-bond acceptors (Lipinski definition) is 6. The van der Waals surface area contributed by atoms with Gasteiger partial charge in [0.15, 0.2) is 11.5 Å². The fourth-order valence-corrected chi connectivity index (χ4v) is 5.26. The van der Waals surface area contributed by atoms with Gasteiger partial charge in [-0.15, -0.1) is 0 Å². The Bertz CT molecular complexity index is 1530.